The fourth-order valence-electron chi connectivity index (χ4n) is 3.63. The Morgan fingerprint density at radius 1 is 1.07 bits per heavy atom. The van der Waals surface area contributed by atoms with Crippen molar-refractivity contribution in [3.8, 4) is 5.75 Å². The first-order chi connectivity index (χ1) is 12.4. The van der Waals surface area contributed by atoms with E-state index in [1.807, 2.05) is 22.8 Å². The summed E-state index contributed by atoms with van der Waals surface area (Å²) < 4.78 is 0.112. The molecule has 0 spiro atoms. The van der Waals surface area contributed by atoms with Crippen LogP contribution in [0, 0.1) is 5.41 Å². The van der Waals surface area contributed by atoms with Gasteiger partial charge in [-0.25, -0.2) is 5.01 Å². The number of hydrogen-bond acceptors (Lipinski definition) is 5. The third-order valence-electron chi connectivity index (χ3n) is 4.74. The number of hydrazine groups is 1. The predicted octanol–water partition coefficient (Wildman–Crippen LogP) is 4.35. The zero-order chi connectivity index (χ0) is 20.0. The lowest BCUT2D eigenvalue weighted by Crippen LogP contribution is -2.49. The minimum Gasteiger partial charge on any atom is -0.506 e. The number of nitrogens with two attached hydrogens (primary N) is 1. The largest absolute Gasteiger partial charge is 0.506 e. The number of aromatic hydroxyl groups is 1. The first-order valence-electron chi connectivity index (χ1n) is 9.75. The van der Waals surface area contributed by atoms with Gasteiger partial charge in [-0.1, -0.05) is 41.5 Å². The van der Waals surface area contributed by atoms with Crippen LogP contribution in [0.3, 0.4) is 0 Å². The van der Waals surface area contributed by atoms with Crippen molar-refractivity contribution in [3.05, 3.63) is 17.7 Å². The highest BCUT2D eigenvalue weighted by Crippen LogP contribution is 2.44. The van der Waals surface area contributed by atoms with Gasteiger partial charge in [0.05, 0.1) is 10.5 Å². The number of nitrogens with one attached hydrogen (secondary N) is 1. The van der Waals surface area contributed by atoms with E-state index in [9.17, 15) is 5.11 Å². The molecule has 0 saturated carbocycles. The molecule has 150 valence electrons. The standard InChI is InChI=1S/C21H34N4OS/c1-20(2,3)13-15-14-7-8-16(26)18(24-9-11-25(22)12-10-24)17(14)23-19(15)27-21(4,5)6/h7-8,23,26H,9-13,22H2,1-6H3. The summed E-state index contributed by atoms with van der Waals surface area (Å²) in [7, 11) is 0. The normalized spacial score (nSPS) is 17.1. The summed E-state index contributed by atoms with van der Waals surface area (Å²) in [6.45, 7) is 16.8. The van der Waals surface area contributed by atoms with Crippen molar-refractivity contribution in [1.29, 1.82) is 0 Å². The maximum Gasteiger partial charge on any atom is 0.141 e. The molecule has 5 nitrogen and oxygen atoms in total. The highest BCUT2D eigenvalue weighted by Gasteiger charge is 2.27. The lowest BCUT2D eigenvalue weighted by atomic mass is 9.88. The minimum atomic E-state index is 0.112. The number of anilines is 1. The van der Waals surface area contributed by atoms with Gasteiger partial charge in [-0.15, -0.1) is 11.8 Å². The van der Waals surface area contributed by atoms with Gasteiger partial charge in [0.25, 0.3) is 0 Å². The molecule has 27 heavy (non-hydrogen) atoms. The molecule has 0 aliphatic carbocycles. The van der Waals surface area contributed by atoms with E-state index in [0.717, 1.165) is 43.8 Å². The second kappa shape index (κ2) is 7.22. The zero-order valence-electron chi connectivity index (χ0n) is 17.5. The third-order valence-corrected chi connectivity index (χ3v) is 5.91. The van der Waals surface area contributed by atoms with E-state index in [1.54, 1.807) is 0 Å². The van der Waals surface area contributed by atoms with Gasteiger partial charge < -0.3 is 15.0 Å². The Kier molecular flexibility index (Phi) is 5.45. The fourth-order valence-corrected chi connectivity index (χ4v) is 4.71. The first-order valence-corrected chi connectivity index (χ1v) is 10.6. The topological polar surface area (TPSA) is 68.5 Å². The van der Waals surface area contributed by atoms with Crippen molar-refractivity contribution in [1.82, 2.24) is 9.99 Å². The molecule has 2 heterocycles. The summed E-state index contributed by atoms with van der Waals surface area (Å²) in [6, 6.07) is 3.91. The van der Waals surface area contributed by atoms with E-state index in [2.05, 4.69) is 57.5 Å². The van der Waals surface area contributed by atoms with Crippen LogP contribution in [-0.2, 0) is 6.42 Å². The van der Waals surface area contributed by atoms with E-state index in [4.69, 9.17) is 5.84 Å². The molecule has 1 fully saturated rings. The predicted molar refractivity (Wildman–Crippen MR) is 117 cm³/mol. The summed E-state index contributed by atoms with van der Waals surface area (Å²) in [5, 5.41) is 15.0. The number of fused-ring (bicyclic) bond motifs is 1. The second-order valence-electron chi connectivity index (χ2n) is 9.76. The van der Waals surface area contributed by atoms with E-state index in [0.29, 0.717) is 5.75 Å². The molecule has 0 bridgehead atoms. The van der Waals surface area contributed by atoms with Crippen LogP contribution >= 0.6 is 11.8 Å². The minimum absolute atomic E-state index is 0.112. The second-order valence-corrected chi connectivity index (χ2v) is 11.6. The SMILES string of the molecule is CC(C)(C)Cc1c(SC(C)(C)C)[nH]c2c(N3CCN(N)CC3)c(O)ccc12. The number of nitrogens with zero attached hydrogens (tertiary/aromatic N) is 2. The lowest BCUT2D eigenvalue weighted by molar-refractivity contribution is 0.265. The Labute approximate surface area is 167 Å². The van der Waals surface area contributed by atoms with Crippen LogP contribution in [-0.4, -0.2) is 46.0 Å². The Morgan fingerprint density at radius 3 is 2.26 bits per heavy atom. The van der Waals surface area contributed by atoms with Crippen LogP contribution in [0.2, 0.25) is 0 Å². The Bertz CT molecular complexity index is 808. The molecule has 1 aromatic heterocycles. The molecular formula is C21H34N4OS. The molecular weight excluding hydrogens is 356 g/mol. The molecule has 2 aromatic rings. The highest BCUT2D eigenvalue weighted by atomic mass is 32.2. The quantitative estimate of drug-likeness (QED) is 0.537. The third kappa shape index (κ3) is 4.73. The Morgan fingerprint density at radius 2 is 1.70 bits per heavy atom. The molecule has 0 unspecified atom stereocenters. The molecule has 1 saturated heterocycles. The summed E-state index contributed by atoms with van der Waals surface area (Å²) >= 11 is 1.87. The van der Waals surface area contributed by atoms with Gasteiger partial charge in [-0.2, -0.15) is 0 Å². The number of aromatic nitrogens is 1. The van der Waals surface area contributed by atoms with Crippen molar-refractivity contribution in [2.75, 3.05) is 31.1 Å². The van der Waals surface area contributed by atoms with Crippen LogP contribution < -0.4 is 10.7 Å². The van der Waals surface area contributed by atoms with Gasteiger partial charge in [-0.05, 0) is 29.5 Å². The van der Waals surface area contributed by atoms with Crippen LogP contribution in [0.1, 0.15) is 47.1 Å². The summed E-state index contributed by atoms with van der Waals surface area (Å²) in [5.74, 6) is 6.26. The zero-order valence-corrected chi connectivity index (χ0v) is 18.3. The van der Waals surface area contributed by atoms with E-state index >= 15 is 0 Å². The van der Waals surface area contributed by atoms with Crippen molar-refractivity contribution < 1.29 is 5.11 Å². The fraction of sp³-hybridized carbons (Fsp3) is 0.619. The summed E-state index contributed by atoms with van der Waals surface area (Å²) in [5.41, 5.74) is 3.50. The number of benzene rings is 1. The maximum atomic E-state index is 10.7. The first kappa shape index (κ1) is 20.4. The van der Waals surface area contributed by atoms with Gasteiger partial charge in [0.1, 0.15) is 11.4 Å². The number of H-pyrrole nitrogens is 1. The van der Waals surface area contributed by atoms with Crippen LogP contribution in [0.4, 0.5) is 5.69 Å². The molecule has 0 radical (unpaired) electrons. The maximum absolute atomic E-state index is 10.7. The smallest absolute Gasteiger partial charge is 0.141 e. The average Bonchev–Trinajstić information content (AvgIpc) is 2.82. The number of hydrogen-bond donors (Lipinski definition) is 3. The number of phenolic OH excluding ortho intramolecular Hbond substituents is 1. The van der Waals surface area contributed by atoms with Crippen molar-refractivity contribution in [2.45, 2.75) is 57.7 Å². The summed E-state index contributed by atoms with van der Waals surface area (Å²) in [6.07, 6.45) is 0.992. The van der Waals surface area contributed by atoms with Crippen molar-refractivity contribution in [2.24, 2.45) is 11.3 Å². The van der Waals surface area contributed by atoms with Gasteiger partial charge in [-0.3, -0.25) is 5.84 Å². The average molecular weight is 391 g/mol. The molecule has 0 atom stereocenters. The number of piperazine rings is 1. The number of phenols is 1. The van der Waals surface area contributed by atoms with E-state index in [-0.39, 0.29) is 10.2 Å². The van der Waals surface area contributed by atoms with Crippen LogP contribution in [0.15, 0.2) is 17.2 Å². The van der Waals surface area contributed by atoms with Crippen LogP contribution in [0.5, 0.6) is 5.75 Å². The number of thioether (sulfide) groups is 1. The number of aromatic amines is 1. The molecule has 6 heteroatoms. The highest BCUT2D eigenvalue weighted by molar-refractivity contribution is 8.00. The van der Waals surface area contributed by atoms with Gasteiger partial charge in [0, 0.05) is 36.3 Å². The molecule has 1 aliphatic heterocycles. The molecule has 4 N–H and O–H groups in total. The van der Waals surface area contributed by atoms with Crippen molar-refractivity contribution >= 4 is 28.4 Å². The lowest BCUT2D eigenvalue weighted by Gasteiger charge is -2.34. The van der Waals surface area contributed by atoms with Gasteiger partial charge in [0.15, 0.2) is 0 Å². The van der Waals surface area contributed by atoms with E-state index in [1.165, 1.54) is 16.0 Å². The molecule has 1 aliphatic rings. The molecule has 3 rings (SSSR count). The van der Waals surface area contributed by atoms with Crippen molar-refractivity contribution in [3.63, 3.8) is 0 Å². The molecule has 1 aromatic carbocycles. The summed E-state index contributed by atoms with van der Waals surface area (Å²) in [4.78, 5) is 5.93. The van der Waals surface area contributed by atoms with Gasteiger partial charge >= 0.3 is 0 Å². The number of rotatable bonds is 3. The Balaban J connectivity index is 2.14. The monoisotopic (exact) mass is 390 g/mol. The molecule has 0 amide bonds. The van der Waals surface area contributed by atoms with E-state index < -0.39 is 0 Å². The van der Waals surface area contributed by atoms with Crippen LogP contribution in [0.25, 0.3) is 10.9 Å². The Hall–Kier alpha value is -1.37. The van der Waals surface area contributed by atoms with Gasteiger partial charge in [0.2, 0.25) is 0 Å².